The van der Waals surface area contributed by atoms with Crippen LogP contribution in [0.2, 0.25) is 0 Å². The van der Waals surface area contributed by atoms with Gasteiger partial charge in [-0.1, -0.05) is 17.3 Å². The molecule has 128 valence electrons. The van der Waals surface area contributed by atoms with Crippen LogP contribution in [0.5, 0.6) is 11.5 Å². The van der Waals surface area contributed by atoms with Crippen molar-refractivity contribution in [1.82, 2.24) is 15.5 Å². The van der Waals surface area contributed by atoms with Gasteiger partial charge in [0.25, 0.3) is 11.8 Å². The molecule has 0 bridgehead atoms. The minimum atomic E-state index is -0.223. The van der Waals surface area contributed by atoms with Crippen LogP contribution < -0.4 is 14.8 Å². The number of likely N-dealkylation sites (N-methyl/N-ethyl adjacent to an activating group) is 1. The van der Waals surface area contributed by atoms with Gasteiger partial charge in [-0.2, -0.15) is 4.98 Å². The first-order valence-corrected chi connectivity index (χ1v) is 7.62. The van der Waals surface area contributed by atoms with Crippen molar-refractivity contribution in [3.8, 4) is 34.3 Å². The van der Waals surface area contributed by atoms with E-state index in [0.717, 1.165) is 11.3 Å². The minimum Gasteiger partial charge on any atom is -0.497 e. The quantitative estimate of drug-likeness (QED) is 0.743. The third-order valence-electron chi connectivity index (χ3n) is 3.53. The molecule has 0 saturated heterocycles. The van der Waals surface area contributed by atoms with Crippen LogP contribution in [0.15, 0.2) is 53.1 Å². The second-order valence-corrected chi connectivity index (χ2v) is 5.11. The summed E-state index contributed by atoms with van der Waals surface area (Å²) >= 11 is 0. The molecule has 7 nitrogen and oxygen atoms in total. The average molecular weight is 339 g/mol. The first-order valence-electron chi connectivity index (χ1n) is 7.62. The smallest absolute Gasteiger partial charge is 0.262 e. The van der Waals surface area contributed by atoms with Crippen molar-refractivity contribution < 1.29 is 18.8 Å². The molecule has 0 radical (unpaired) electrons. The van der Waals surface area contributed by atoms with E-state index < -0.39 is 0 Å². The molecular weight excluding hydrogens is 322 g/mol. The molecule has 3 aromatic rings. The van der Waals surface area contributed by atoms with Gasteiger partial charge in [0.2, 0.25) is 5.82 Å². The number of nitrogens with zero attached hydrogens (tertiary/aromatic N) is 2. The van der Waals surface area contributed by atoms with E-state index in [9.17, 15) is 4.79 Å². The van der Waals surface area contributed by atoms with Gasteiger partial charge in [0.15, 0.2) is 6.61 Å². The Morgan fingerprint density at radius 2 is 1.92 bits per heavy atom. The lowest BCUT2D eigenvalue weighted by Gasteiger charge is -2.07. The Labute approximate surface area is 144 Å². The summed E-state index contributed by atoms with van der Waals surface area (Å²) in [7, 11) is 3.16. The Balaban J connectivity index is 1.85. The zero-order chi connectivity index (χ0) is 17.6. The zero-order valence-corrected chi connectivity index (χ0v) is 13.9. The SMILES string of the molecule is CNC(=O)COc1ccccc1-c1nc(-c2ccc(OC)cc2)no1. The fourth-order valence-corrected chi connectivity index (χ4v) is 2.17. The van der Waals surface area contributed by atoms with Gasteiger partial charge in [0.05, 0.1) is 12.7 Å². The van der Waals surface area contributed by atoms with Crippen molar-refractivity contribution in [3.05, 3.63) is 48.5 Å². The van der Waals surface area contributed by atoms with E-state index in [0.29, 0.717) is 23.0 Å². The van der Waals surface area contributed by atoms with Gasteiger partial charge in [-0.05, 0) is 36.4 Å². The molecule has 0 spiro atoms. The van der Waals surface area contributed by atoms with Crippen LogP contribution in [0, 0.1) is 0 Å². The van der Waals surface area contributed by atoms with Gasteiger partial charge in [-0.15, -0.1) is 0 Å². The first kappa shape index (κ1) is 16.5. The number of nitrogens with one attached hydrogen (secondary N) is 1. The molecule has 0 unspecified atom stereocenters. The fourth-order valence-electron chi connectivity index (χ4n) is 2.17. The lowest BCUT2D eigenvalue weighted by atomic mass is 10.2. The summed E-state index contributed by atoms with van der Waals surface area (Å²) in [6.07, 6.45) is 0. The standard InChI is InChI=1S/C18H17N3O4/c1-19-16(22)11-24-15-6-4-3-5-14(15)18-20-17(21-25-18)12-7-9-13(23-2)10-8-12/h3-10H,11H2,1-2H3,(H,19,22). The number of carbonyl (C=O) groups is 1. The zero-order valence-electron chi connectivity index (χ0n) is 13.9. The highest BCUT2D eigenvalue weighted by Crippen LogP contribution is 2.30. The topological polar surface area (TPSA) is 86.5 Å². The summed E-state index contributed by atoms with van der Waals surface area (Å²) in [5.74, 6) is 1.80. The van der Waals surface area contributed by atoms with Gasteiger partial charge in [0.1, 0.15) is 11.5 Å². The summed E-state index contributed by atoms with van der Waals surface area (Å²) in [6.45, 7) is -0.0903. The summed E-state index contributed by atoms with van der Waals surface area (Å²) < 4.78 is 16.0. The van der Waals surface area contributed by atoms with Gasteiger partial charge < -0.3 is 19.3 Å². The highest BCUT2D eigenvalue weighted by molar-refractivity contribution is 5.77. The Morgan fingerprint density at radius 3 is 2.64 bits per heavy atom. The molecule has 1 aromatic heterocycles. The van der Waals surface area contributed by atoms with Gasteiger partial charge in [-0.25, -0.2) is 0 Å². The molecule has 25 heavy (non-hydrogen) atoms. The summed E-state index contributed by atoms with van der Waals surface area (Å²) in [5.41, 5.74) is 1.43. The lowest BCUT2D eigenvalue weighted by Crippen LogP contribution is -2.24. The molecule has 2 aromatic carbocycles. The number of hydrogen-bond donors (Lipinski definition) is 1. The Morgan fingerprint density at radius 1 is 1.16 bits per heavy atom. The van der Waals surface area contributed by atoms with Crippen LogP contribution in [0.3, 0.4) is 0 Å². The molecule has 0 aliphatic carbocycles. The van der Waals surface area contributed by atoms with E-state index in [1.54, 1.807) is 26.3 Å². The normalized spacial score (nSPS) is 10.3. The lowest BCUT2D eigenvalue weighted by molar-refractivity contribution is -0.122. The van der Waals surface area contributed by atoms with Crippen LogP contribution in [0.25, 0.3) is 22.8 Å². The third-order valence-corrected chi connectivity index (χ3v) is 3.53. The maximum atomic E-state index is 11.4. The third kappa shape index (κ3) is 3.77. The van der Waals surface area contributed by atoms with E-state index in [2.05, 4.69) is 15.5 Å². The maximum absolute atomic E-state index is 11.4. The molecule has 0 atom stereocenters. The Bertz CT molecular complexity index is 859. The van der Waals surface area contributed by atoms with Crippen LogP contribution in [-0.4, -0.2) is 36.8 Å². The monoisotopic (exact) mass is 339 g/mol. The molecule has 1 heterocycles. The molecular formula is C18H17N3O4. The number of methoxy groups -OCH3 is 1. The van der Waals surface area contributed by atoms with Crippen molar-refractivity contribution in [2.75, 3.05) is 20.8 Å². The van der Waals surface area contributed by atoms with E-state index in [-0.39, 0.29) is 12.5 Å². The van der Waals surface area contributed by atoms with Gasteiger partial charge in [0, 0.05) is 12.6 Å². The Hall–Kier alpha value is -3.35. The second kappa shape index (κ2) is 7.48. The van der Waals surface area contributed by atoms with E-state index in [4.69, 9.17) is 14.0 Å². The van der Waals surface area contributed by atoms with Crippen LogP contribution in [-0.2, 0) is 4.79 Å². The molecule has 0 aliphatic heterocycles. The second-order valence-electron chi connectivity index (χ2n) is 5.11. The highest BCUT2D eigenvalue weighted by atomic mass is 16.5. The number of amides is 1. The van der Waals surface area contributed by atoms with Crippen molar-refractivity contribution in [2.45, 2.75) is 0 Å². The number of para-hydroxylation sites is 1. The molecule has 1 amide bonds. The average Bonchev–Trinajstić information content (AvgIpc) is 3.16. The first-order chi connectivity index (χ1) is 12.2. The molecule has 0 aliphatic rings. The van der Waals surface area contributed by atoms with E-state index >= 15 is 0 Å². The summed E-state index contributed by atoms with van der Waals surface area (Å²) in [6, 6.07) is 14.5. The molecule has 1 N–H and O–H groups in total. The Kier molecular flexibility index (Phi) is 4.94. The van der Waals surface area contributed by atoms with Crippen molar-refractivity contribution in [2.24, 2.45) is 0 Å². The summed E-state index contributed by atoms with van der Waals surface area (Å²) in [4.78, 5) is 15.8. The van der Waals surface area contributed by atoms with Crippen LogP contribution in [0.1, 0.15) is 0 Å². The molecule has 3 rings (SSSR count). The fraction of sp³-hybridized carbons (Fsp3) is 0.167. The number of carbonyl (C=O) groups excluding carboxylic acids is 1. The van der Waals surface area contributed by atoms with Crippen molar-refractivity contribution in [3.63, 3.8) is 0 Å². The van der Waals surface area contributed by atoms with Crippen LogP contribution in [0.4, 0.5) is 0 Å². The van der Waals surface area contributed by atoms with Gasteiger partial charge >= 0.3 is 0 Å². The molecule has 0 fully saturated rings. The van der Waals surface area contributed by atoms with Crippen LogP contribution >= 0.6 is 0 Å². The van der Waals surface area contributed by atoms with Crippen molar-refractivity contribution >= 4 is 5.91 Å². The maximum Gasteiger partial charge on any atom is 0.262 e. The molecule has 7 heteroatoms. The number of rotatable bonds is 6. The van der Waals surface area contributed by atoms with E-state index in [1.807, 2.05) is 36.4 Å². The predicted octanol–water partition coefficient (Wildman–Crippen LogP) is 2.54. The van der Waals surface area contributed by atoms with Crippen molar-refractivity contribution in [1.29, 1.82) is 0 Å². The predicted molar refractivity (Wildman–Crippen MR) is 91.3 cm³/mol. The van der Waals surface area contributed by atoms with Gasteiger partial charge in [-0.3, -0.25) is 4.79 Å². The number of ether oxygens (including phenoxy) is 2. The summed E-state index contributed by atoms with van der Waals surface area (Å²) in [5, 5.41) is 6.51. The largest absolute Gasteiger partial charge is 0.497 e. The number of hydrogen-bond acceptors (Lipinski definition) is 6. The highest BCUT2D eigenvalue weighted by Gasteiger charge is 2.15. The number of aromatic nitrogens is 2. The minimum absolute atomic E-state index is 0.0903. The number of benzene rings is 2. The van der Waals surface area contributed by atoms with E-state index in [1.165, 1.54) is 0 Å². The molecule has 0 saturated carbocycles.